The first-order chi connectivity index (χ1) is 21.3. The van der Waals surface area contributed by atoms with Crippen molar-refractivity contribution >= 4 is 42.8 Å². The maximum absolute atomic E-state index is 11.7. The van der Waals surface area contributed by atoms with Crippen LogP contribution < -0.4 is 20.5 Å². The van der Waals surface area contributed by atoms with Gasteiger partial charge >= 0.3 is 0 Å². The molecule has 4 N–H and O–H groups in total. The molecule has 0 radical (unpaired) electrons. The standard InChI is InChI=1S/C33H39N5O4S2/c1-41-30-20-25(44(35,39)40)11-12-28(30)36-17-3-6-31-26(13-16-34)27-4-2-5-29(32(27)43-31)37-23-7-9-24(10-8-23)38-21-33(22-38)14-18-42-19-15-33/h2,4-5,11-12,20,23-24,36-37H,7-10,13-15,17-19,21-22H2,1H3,(H2,35,39,40). The molecule has 2 aromatic carbocycles. The lowest BCUT2D eigenvalue weighted by atomic mass is 9.71. The number of likely N-dealkylation sites (tertiary alicyclic amines) is 1. The molecule has 3 heterocycles. The van der Waals surface area contributed by atoms with Crippen LogP contribution in [-0.2, 0) is 21.2 Å². The van der Waals surface area contributed by atoms with Crippen molar-refractivity contribution in [2.45, 2.75) is 61.9 Å². The van der Waals surface area contributed by atoms with Gasteiger partial charge in [-0.3, -0.25) is 4.90 Å². The topological polar surface area (TPSA) is 130 Å². The number of anilines is 2. The van der Waals surface area contributed by atoms with Crippen LogP contribution in [0.25, 0.3) is 10.1 Å². The third-order valence-corrected chi connectivity index (χ3v) is 11.5. The largest absolute Gasteiger partial charge is 0.495 e. The van der Waals surface area contributed by atoms with Crippen LogP contribution in [0.3, 0.4) is 0 Å². The van der Waals surface area contributed by atoms with Crippen LogP contribution in [0, 0.1) is 28.6 Å². The minimum absolute atomic E-state index is 0.0190. The molecular formula is C33H39N5O4S2. The monoisotopic (exact) mass is 633 g/mol. The van der Waals surface area contributed by atoms with E-state index in [1.165, 1.54) is 58.0 Å². The summed E-state index contributed by atoms with van der Waals surface area (Å²) in [6.45, 7) is 4.65. The second kappa shape index (κ2) is 13.0. The molecule has 3 aliphatic rings. The molecule has 3 aromatic rings. The Morgan fingerprint density at radius 3 is 2.61 bits per heavy atom. The summed E-state index contributed by atoms with van der Waals surface area (Å²) < 4.78 is 35.4. The molecule has 1 saturated carbocycles. The molecule has 3 fully saturated rings. The summed E-state index contributed by atoms with van der Waals surface area (Å²) >= 11 is 1.63. The zero-order valence-electron chi connectivity index (χ0n) is 25.0. The molecule has 44 heavy (non-hydrogen) atoms. The van der Waals surface area contributed by atoms with Crippen molar-refractivity contribution in [3.8, 4) is 23.7 Å². The van der Waals surface area contributed by atoms with Gasteiger partial charge in [-0.05, 0) is 56.7 Å². The summed E-state index contributed by atoms with van der Waals surface area (Å²) in [6, 6.07) is 14.2. The maximum Gasteiger partial charge on any atom is 0.238 e. The number of nitrogens with zero attached hydrogens (tertiary/aromatic N) is 2. The van der Waals surface area contributed by atoms with Crippen LogP contribution in [0.4, 0.5) is 11.4 Å². The molecule has 6 rings (SSSR count). The lowest BCUT2D eigenvalue weighted by molar-refractivity contribution is -0.102. The SMILES string of the molecule is COc1cc(S(N)(=O)=O)ccc1NCC#Cc1sc2c(NC3CCC(N4CC5(CCOCC5)C4)CC3)cccc2c1CC#N. The summed E-state index contributed by atoms with van der Waals surface area (Å²) in [4.78, 5) is 3.58. The Kier molecular flexibility index (Phi) is 9.04. The van der Waals surface area contributed by atoms with E-state index in [-0.39, 0.29) is 11.3 Å². The molecule has 0 bridgehead atoms. The van der Waals surface area contributed by atoms with Crippen LogP contribution in [0.2, 0.25) is 0 Å². The lowest BCUT2D eigenvalue weighted by Gasteiger charge is -2.56. The molecule has 1 aliphatic carbocycles. The van der Waals surface area contributed by atoms with Crippen molar-refractivity contribution in [3.63, 3.8) is 0 Å². The Hall–Kier alpha value is -3.32. The molecule has 9 nitrogen and oxygen atoms in total. The Morgan fingerprint density at radius 2 is 1.91 bits per heavy atom. The number of nitrogens with two attached hydrogens (primary N) is 1. The molecule has 0 amide bonds. The van der Waals surface area contributed by atoms with Gasteiger partial charge in [0.2, 0.25) is 10.0 Å². The van der Waals surface area contributed by atoms with Gasteiger partial charge in [0.05, 0.1) is 52.0 Å². The second-order valence-electron chi connectivity index (χ2n) is 12.2. The van der Waals surface area contributed by atoms with Gasteiger partial charge in [0, 0.05) is 60.8 Å². The smallest absolute Gasteiger partial charge is 0.238 e. The zero-order chi connectivity index (χ0) is 30.7. The van der Waals surface area contributed by atoms with Gasteiger partial charge in [0.1, 0.15) is 5.75 Å². The van der Waals surface area contributed by atoms with Crippen molar-refractivity contribution in [3.05, 3.63) is 46.8 Å². The van der Waals surface area contributed by atoms with Gasteiger partial charge in [-0.25, -0.2) is 13.6 Å². The van der Waals surface area contributed by atoms with Gasteiger partial charge in [0.25, 0.3) is 0 Å². The third kappa shape index (κ3) is 6.53. The normalized spacial score (nSPS) is 21.6. The van der Waals surface area contributed by atoms with E-state index >= 15 is 0 Å². The Bertz CT molecular complexity index is 1710. The predicted molar refractivity (Wildman–Crippen MR) is 175 cm³/mol. The van der Waals surface area contributed by atoms with Crippen molar-refractivity contribution in [1.82, 2.24) is 4.90 Å². The van der Waals surface area contributed by atoms with E-state index in [9.17, 15) is 13.7 Å². The summed E-state index contributed by atoms with van der Waals surface area (Å²) in [5, 5.41) is 22.9. The molecule has 11 heteroatoms. The molecule has 2 saturated heterocycles. The van der Waals surface area contributed by atoms with Gasteiger partial charge in [0.15, 0.2) is 0 Å². The fourth-order valence-electron chi connectivity index (χ4n) is 6.90. The van der Waals surface area contributed by atoms with E-state index < -0.39 is 10.0 Å². The Labute approximate surface area is 263 Å². The molecular weight excluding hydrogens is 595 g/mol. The zero-order valence-corrected chi connectivity index (χ0v) is 26.7. The van der Waals surface area contributed by atoms with Crippen LogP contribution >= 0.6 is 11.3 Å². The molecule has 0 unspecified atom stereocenters. The molecule has 1 spiro atoms. The number of sulfonamides is 1. The van der Waals surface area contributed by atoms with Gasteiger partial charge in [-0.2, -0.15) is 5.26 Å². The second-order valence-corrected chi connectivity index (χ2v) is 14.7. The molecule has 2 aliphatic heterocycles. The van der Waals surface area contributed by atoms with Crippen LogP contribution in [0.1, 0.15) is 49.0 Å². The molecule has 232 valence electrons. The number of rotatable bonds is 8. The van der Waals surface area contributed by atoms with Crippen molar-refractivity contribution in [2.24, 2.45) is 10.6 Å². The average molecular weight is 634 g/mol. The molecule has 1 aromatic heterocycles. The quantitative estimate of drug-likeness (QED) is 0.298. The number of methoxy groups -OCH3 is 1. The van der Waals surface area contributed by atoms with E-state index in [2.05, 4.69) is 51.6 Å². The molecule has 0 atom stereocenters. The number of hydrogen-bond acceptors (Lipinski definition) is 9. The number of primary sulfonamides is 1. The lowest BCUT2D eigenvalue weighted by Crippen LogP contribution is -2.62. The average Bonchev–Trinajstić information content (AvgIpc) is 3.36. The first kappa shape index (κ1) is 30.7. The van der Waals surface area contributed by atoms with Gasteiger partial charge in [-0.15, -0.1) is 11.3 Å². The van der Waals surface area contributed by atoms with E-state index in [0.29, 0.717) is 35.5 Å². The fraction of sp³-hybridized carbons (Fsp3) is 0.485. The number of nitriles is 1. The summed E-state index contributed by atoms with van der Waals surface area (Å²) in [7, 11) is -2.36. The number of fused-ring (bicyclic) bond motifs is 1. The van der Waals surface area contributed by atoms with Crippen molar-refractivity contribution in [1.29, 1.82) is 5.26 Å². The Morgan fingerprint density at radius 1 is 1.14 bits per heavy atom. The van der Waals surface area contributed by atoms with Crippen molar-refractivity contribution < 1.29 is 17.9 Å². The highest BCUT2D eigenvalue weighted by molar-refractivity contribution is 7.89. The Balaban J connectivity index is 1.11. The highest BCUT2D eigenvalue weighted by atomic mass is 32.2. The van der Waals surface area contributed by atoms with E-state index in [1.54, 1.807) is 17.4 Å². The first-order valence-electron chi connectivity index (χ1n) is 15.2. The number of thiophene rings is 1. The number of nitrogens with one attached hydrogen (secondary N) is 2. The van der Waals surface area contributed by atoms with E-state index in [0.717, 1.165) is 52.3 Å². The fourth-order valence-corrected chi connectivity index (χ4v) is 8.60. The minimum atomic E-state index is -3.83. The minimum Gasteiger partial charge on any atom is -0.495 e. The highest BCUT2D eigenvalue weighted by Crippen LogP contribution is 2.43. The predicted octanol–water partition coefficient (Wildman–Crippen LogP) is 4.92. The first-order valence-corrected chi connectivity index (χ1v) is 17.6. The van der Waals surface area contributed by atoms with Crippen molar-refractivity contribution in [2.75, 3.05) is 50.6 Å². The number of benzene rings is 2. The summed E-state index contributed by atoms with van der Waals surface area (Å²) in [5.74, 6) is 6.80. The van der Waals surface area contributed by atoms with E-state index in [4.69, 9.17) is 14.6 Å². The maximum atomic E-state index is 11.7. The van der Waals surface area contributed by atoms with Gasteiger partial charge < -0.3 is 20.1 Å². The third-order valence-electron chi connectivity index (χ3n) is 9.35. The van der Waals surface area contributed by atoms with Crippen LogP contribution in [0.15, 0.2) is 41.3 Å². The number of ether oxygens (including phenoxy) is 2. The van der Waals surface area contributed by atoms with E-state index in [1.807, 2.05) is 0 Å². The van der Waals surface area contributed by atoms with Gasteiger partial charge in [-0.1, -0.05) is 24.0 Å². The highest BCUT2D eigenvalue weighted by Gasteiger charge is 2.46. The van der Waals surface area contributed by atoms with Crippen LogP contribution in [-0.4, -0.2) is 65.4 Å². The number of hydrogen-bond donors (Lipinski definition) is 3. The summed E-state index contributed by atoms with van der Waals surface area (Å²) in [6.07, 6.45) is 7.49. The van der Waals surface area contributed by atoms with Crippen LogP contribution in [0.5, 0.6) is 5.75 Å². The summed E-state index contributed by atoms with van der Waals surface area (Å²) in [5.41, 5.74) is 3.21.